The van der Waals surface area contributed by atoms with Gasteiger partial charge in [-0.2, -0.15) is 0 Å². The summed E-state index contributed by atoms with van der Waals surface area (Å²) in [5.41, 5.74) is 0.802. The Morgan fingerprint density at radius 1 is 1.42 bits per heavy atom. The molecule has 0 aliphatic heterocycles. The highest BCUT2D eigenvalue weighted by atomic mass is 35.5. The van der Waals surface area contributed by atoms with Gasteiger partial charge in [0.1, 0.15) is 0 Å². The zero-order valence-electron chi connectivity index (χ0n) is 11.2. The van der Waals surface area contributed by atoms with Crippen molar-refractivity contribution < 1.29 is 9.90 Å². The van der Waals surface area contributed by atoms with Gasteiger partial charge in [-0.05, 0) is 18.6 Å². The Bertz CT molecular complexity index is 437. The van der Waals surface area contributed by atoms with Crippen LogP contribution in [0.2, 0.25) is 10.0 Å². The predicted molar refractivity (Wildman–Crippen MR) is 80.4 cm³/mol. The monoisotopic (exact) mass is 303 g/mol. The van der Waals surface area contributed by atoms with Gasteiger partial charge < -0.3 is 10.0 Å². The second kappa shape index (κ2) is 7.61. The lowest BCUT2D eigenvalue weighted by atomic mass is 10.1. The Morgan fingerprint density at radius 3 is 2.68 bits per heavy atom. The third kappa shape index (κ3) is 4.59. The van der Waals surface area contributed by atoms with E-state index in [0.29, 0.717) is 16.6 Å². The molecule has 0 amide bonds. The van der Waals surface area contributed by atoms with Crippen molar-refractivity contribution in [1.82, 2.24) is 0 Å². The van der Waals surface area contributed by atoms with Crippen LogP contribution in [0.15, 0.2) is 18.2 Å². The van der Waals surface area contributed by atoms with Gasteiger partial charge in [-0.1, -0.05) is 49.5 Å². The number of rotatable bonds is 7. The summed E-state index contributed by atoms with van der Waals surface area (Å²) in [5.74, 6) is -1.26. The zero-order valence-corrected chi connectivity index (χ0v) is 12.7. The second-order valence-corrected chi connectivity index (χ2v) is 5.40. The van der Waals surface area contributed by atoms with E-state index in [1.807, 2.05) is 17.0 Å². The van der Waals surface area contributed by atoms with Crippen molar-refractivity contribution in [3.63, 3.8) is 0 Å². The van der Waals surface area contributed by atoms with E-state index in [0.717, 1.165) is 25.1 Å². The number of unbranched alkanes of at least 4 members (excludes halogenated alkanes) is 1. The van der Waals surface area contributed by atoms with Gasteiger partial charge in [0, 0.05) is 13.1 Å². The van der Waals surface area contributed by atoms with Crippen molar-refractivity contribution in [1.29, 1.82) is 0 Å². The lowest BCUT2D eigenvalue weighted by Gasteiger charge is -2.27. The first-order valence-electron chi connectivity index (χ1n) is 6.39. The zero-order chi connectivity index (χ0) is 14.4. The van der Waals surface area contributed by atoms with Gasteiger partial charge in [0.25, 0.3) is 0 Å². The van der Waals surface area contributed by atoms with E-state index >= 15 is 0 Å². The molecule has 1 aromatic carbocycles. The van der Waals surface area contributed by atoms with Crippen molar-refractivity contribution in [2.45, 2.75) is 26.7 Å². The Kier molecular flexibility index (Phi) is 6.46. The molecule has 19 heavy (non-hydrogen) atoms. The first-order chi connectivity index (χ1) is 8.97. The van der Waals surface area contributed by atoms with Crippen molar-refractivity contribution >= 4 is 34.9 Å². The highest BCUT2D eigenvalue weighted by molar-refractivity contribution is 6.43. The average Bonchev–Trinajstić information content (AvgIpc) is 2.37. The first kappa shape index (κ1) is 16.1. The van der Waals surface area contributed by atoms with Gasteiger partial charge in [0.15, 0.2) is 0 Å². The number of hydrogen-bond acceptors (Lipinski definition) is 2. The molecule has 0 saturated heterocycles. The van der Waals surface area contributed by atoms with E-state index in [2.05, 4.69) is 6.92 Å². The SMILES string of the molecule is CCCCN(CC(C)C(=O)O)c1cccc(Cl)c1Cl. The summed E-state index contributed by atoms with van der Waals surface area (Å²) in [6.07, 6.45) is 2.02. The van der Waals surface area contributed by atoms with Crippen molar-refractivity contribution in [2.24, 2.45) is 5.92 Å². The van der Waals surface area contributed by atoms with Gasteiger partial charge in [-0.15, -0.1) is 0 Å². The minimum absolute atomic E-state index is 0.426. The molecule has 3 nitrogen and oxygen atoms in total. The summed E-state index contributed by atoms with van der Waals surface area (Å²) in [4.78, 5) is 13.0. The molecule has 106 valence electrons. The molecule has 0 aliphatic rings. The van der Waals surface area contributed by atoms with Crippen LogP contribution in [0.3, 0.4) is 0 Å². The third-order valence-electron chi connectivity index (χ3n) is 2.97. The molecular weight excluding hydrogens is 285 g/mol. The number of carboxylic acid groups (broad SMARTS) is 1. The lowest BCUT2D eigenvalue weighted by Crippen LogP contribution is -2.32. The largest absolute Gasteiger partial charge is 0.481 e. The van der Waals surface area contributed by atoms with E-state index in [1.54, 1.807) is 13.0 Å². The molecule has 1 unspecified atom stereocenters. The van der Waals surface area contributed by atoms with E-state index in [1.165, 1.54) is 0 Å². The molecular formula is C14H19Cl2NO2. The molecule has 0 bridgehead atoms. The maximum atomic E-state index is 11.0. The fourth-order valence-electron chi connectivity index (χ4n) is 1.80. The Hall–Kier alpha value is -0.930. The summed E-state index contributed by atoms with van der Waals surface area (Å²) in [7, 11) is 0. The standard InChI is InChI=1S/C14H19Cl2NO2/c1-3-4-8-17(9-10(2)14(18)19)12-7-5-6-11(15)13(12)16/h5-7,10H,3-4,8-9H2,1-2H3,(H,18,19). The van der Waals surface area contributed by atoms with Crippen molar-refractivity contribution in [3.8, 4) is 0 Å². The molecule has 1 N–H and O–H groups in total. The Labute approximate surface area is 124 Å². The van der Waals surface area contributed by atoms with Crippen LogP contribution in [0, 0.1) is 5.92 Å². The van der Waals surface area contributed by atoms with Gasteiger partial charge in [-0.25, -0.2) is 0 Å². The molecule has 0 radical (unpaired) electrons. The lowest BCUT2D eigenvalue weighted by molar-refractivity contribution is -0.140. The quantitative estimate of drug-likeness (QED) is 0.815. The van der Waals surface area contributed by atoms with Crippen LogP contribution >= 0.6 is 23.2 Å². The van der Waals surface area contributed by atoms with Crippen LogP contribution in [0.4, 0.5) is 5.69 Å². The number of aliphatic carboxylic acids is 1. The molecule has 0 aliphatic carbocycles. The number of hydrogen-bond donors (Lipinski definition) is 1. The minimum Gasteiger partial charge on any atom is -0.481 e. The van der Waals surface area contributed by atoms with Crippen LogP contribution in [-0.2, 0) is 4.79 Å². The fraction of sp³-hybridized carbons (Fsp3) is 0.500. The maximum Gasteiger partial charge on any atom is 0.308 e. The average molecular weight is 304 g/mol. The predicted octanol–water partition coefficient (Wildman–Crippen LogP) is 4.32. The number of carbonyl (C=O) groups is 1. The highest BCUT2D eigenvalue weighted by Gasteiger charge is 2.18. The van der Waals surface area contributed by atoms with E-state index in [9.17, 15) is 4.79 Å². The maximum absolute atomic E-state index is 11.0. The topological polar surface area (TPSA) is 40.5 Å². The molecule has 0 heterocycles. The van der Waals surface area contributed by atoms with Gasteiger partial charge >= 0.3 is 5.97 Å². The number of benzene rings is 1. The van der Waals surface area contributed by atoms with E-state index in [-0.39, 0.29) is 0 Å². The number of halogens is 2. The molecule has 5 heteroatoms. The van der Waals surface area contributed by atoms with Crippen LogP contribution in [-0.4, -0.2) is 24.2 Å². The summed E-state index contributed by atoms with van der Waals surface area (Å²) < 4.78 is 0. The van der Waals surface area contributed by atoms with Gasteiger partial charge in [0.2, 0.25) is 0 Å². The van der Waals surface area contributed by atoms with Gasteiger partial charge in [0.05, 0.1) is 21.7 Å². The Morgan fingerprint density at radius 2 is 2.11 bits per heavy atom. The van der Waals surface area contributed by atoms with Crippen LogP contribution in [0.1, 0.15) is 26.7 Å². The van der Waals surface area contributed by atoms with E-state index in [4.69, 9.17) is 28.3 Å². The molecule has 0 aromatic heterocycles. The molecule has 0 fully saturated rings. The minimum atomic E-state index is -0.806. The van der Waals surface area contributed by atoms with Crippen LogP contribution < -0.4 is 4.90 Å². The number of nitrogens with zero attached hydrogens (tertiary/aromatic N) is 1. The Balaban J connectivity index is 2.95. The van der Waals surface area contributed by atoms with Crippen LogP contribution in [0.25, 0.3) is 0 Å². The highest BCUT2D eigenvalue weighted by Crippen LogP contribution is 2.33. The summed E-state index contributed by atoms with van der Waals surface area (Å²) >= 11 is 12.2. The molecule has 1 aromatic rings. The van der Waals surface area contributed by atoms with Crippen molar-refractivity contribution in [3.05, 3.63) is 28.2 Å². The van der Waals surface area contributed by atoms with E-state index < -0.39 is 11.9 Å². The summed E-state index contributed by atoms with van der Waals surface area (Å²) in [5, 5.41) is 10.0. The smallest absolute Gasteiger partial charge is 0.308 e. The third-order valence-corrected chi connectivity index (χ3v) is 3.78. The van der Waals surface area contributed by atoms with Crippen LogP contribution in [0.5, 0.6) is 0 Å². The molecule has 1 rings (SSSR count). The summed E-state index contributed by atoms with van der Waals surface area (Å²) in [6, 6.07) is 5.43. The normalized spacial score (nSPS) is 12.2. The van der Waals surface area contributed by atoms with Crippen molar-refractivity contribution in [2.75, 3.05) is 18.0 Å². The second-order valence-electron chi connectivity index (χ2n) is 4.61. The first-order valence-corrected chi connectivity index (χ1v) is 7.14. The molecule has 1 atom stereocenters. The molecule has 0 spiro atoms. The fourth-order valence-corrected chi connectivity index (χ4v) is 2.22. The number of carboxylic acids is 1. The number of anilines is 1. The molecule has 0 saturated carbocycles. The van der Waals surface area contributed by atoms with Gasteiger partial charge in [-0.3, -0.25) is 4.79 Å². The summed E-state index contributed by atoms with van der Waals surface area (Å²) in [6.45, 7) is 4.99.